The molecule has 0 aliphatic heterocycles. The summed E-state index contributed by atoms with van der Waals surface area (Å²) in [6, 6.07) is 67.2. The van der Waals surface area contributed by atoms with Gasteiger partial charge in [-0.15, -0.1) is 0 Å². The molecule has 0 radical (unpaired) electrons. The Balaban J connectivity index is 1.09. The van der Waals surface area contributed by atoms with Crippen LogP contribution in [0.1, 0.15) is 68.7 Å². The highest BCUT2D eigenvalue weighted by atomic mass is 15.1. The first-order valence-electron chi connectivity index (χ1n) is 19.6. The molecule has 1 saturated carbocycles. The lowest BCUT2D eigenvalue weighted by molar-refractivity contribution is 0.280. The van der Waals surface area contributed by atoms with E-state index in [0.717, 1.165) is 35.8 Å². The Kier molecular flexibility index (Phi) is 8.70. The van der Waals surface area contributed by atoms with Crippen molar-refractivity contribution in [2.75, 3.05) is 9.80 Å². The molecule has 1 fully saturated rings. The average Bonchev–Trinajstić information content (AvgIpc) is 3.46. The van der Waals surface area contributed by atoms with Crippen LogP contribution in [0.2, 0.25) is 0 Å². The maximum absolute atomic E-state index is 2.43. The molecular weight excluding hydrogens is 653 g/mol. The van der Waals surface area contributed by atoms with Crippen LogP contribution in [-0.2, 0) is 10.8 Å². The molecule has 7 aromatic carbocycles. The largest absolute Gasteiger partial charge is 0.311 e. The van der Waals surface area contributed by atoms with Gasteiger partial charge in [-0.25, -0.2) is 0 Å². The third kappa shape index (κ3) is 5.91. The quantitative estimate of drug-likeness (QED) is 0.156. The van der Waals surface area contributed by atoms with Crippen LogP contribution in [0.4, 0.5) is 34.1 Å². The van der Waals surface area contributed by atoms with Crippen LogP contribution in [0, 0.1) is 5.92 Å². The van der Waals surface area contributed by atoms with Gasteiger partial charge >= 0.3 is 0 Å². The molecule has 266 valence electrons. The highest BCUT2D eigenvalue weighted by Crippen LogP contribution is 2.51. The molecule has 2 aliphatic carbocycles. The molecule has 0 saturated heterocycles. The zero-order chi connectivity index (χ0) is 36.7. The van der Waals surface area contributed by atoms with Crippen molar-refractivity contribution in [3.63, 3.8) is 0 Å². The Labute approximate surface area is 321 Å². The molecule has 0 atom stereocenters. The van der Waals surface area contributed by atoms with Crippen molar-refractivity contribution in [2.24, 2.45) is 5.92 Å². The van der Waals surface area contributed by atoms with Crippen LogP contribution in [-0.4, -0.2) is 0 Å². The number of rotatable bonds is 8. The fourth-order valence-corrected chi connectivity index (χ4v) is 9.32. The first-order chi connectivity index (χ1) is 26.4. The molecule has 2 nitrogen and oxygen atoms in total. The van der Waals surface area contributed by atoms with E-state index in [2.05, 4.69) is 213 Å². The molecule has 0 N–H and O–H groups in total. The molecule has 9 rings (SSSR count). The summed E-state index contributed by atoms with van der Waals surface area (Å²) < 4.78 is 0. The summed E-state index contributed by atoms with van der Waals surface area (Å²) in [6.07, 6.45) is 4.76. The lowest BCUT2D eigenvalue weighted by Crippen LogP contribution is -2.32. The first kappa shape index (κ1) is 33.9. The molecule has 2 aliphatic rings. The minimum Gasteiger partial charge on any atom is -0.311 e. The van der Waals surface area contributed by atoms with Crippen molar-refractivity contribution < 1.29 is 0 Å². The van der Waals surface area contributed by atoms with E-state index in [4.69, 9.17) is 0 Å². The molecule has 0 aromatic heterocycles. The van der Waals surface area contributed by atoms with Crippen LogP contribution in [0.15, 0.2) is 182 Å². The van der Waals surface area contributed by atoms with Crippen LogP contribution >= 0.6 is 0 Å². The number of fused-ring (bicyclic) bond motifs is 3. The minimum absolute atomic E-state index is 0.0329. The van der Waals surface area contributed by atoms with Crippen molar-refractivity contribution in [1.82, 2.24) is 0 Å². The topological polar surface area (TPSA) is 6.48 Å². The molecule has 0 unspecified atom stereocenters. The van der Waals surface area contributed by atoms with Gasteiger partial charge in [0.25, 0.3) is 0 Å². The number of para-hydroxylation sites is 3. The van der Waals surface area contributed by atoms with Crippen LogP contribution in [0.25, 0.3) is 11.1 Å². The number of nitrogens with zero attached hydrogens (tertiary/aromatic N) is 2. The first-order valence-corrected chi connectivity index (χ1v) is 19.6. The van der Waals surface area contributed by atoms with Gasteiger partial charge < -0.3 is 9.80 Å². The van der Waals surface area contributed by atoms with Gasteiger partial charge in [0.15, 0.2) is 0 Å². The predicted molar refractivity (Wildman–Crippen MR) is 228 cm³/mol. The van der Waals surface area contributed by atoms with Gasteiger partial charge in [0.1, 0.15) is 0 Å². The number of hydrogen-bond acceptors (Lipinski definition) is 2. The summed E-state index contributed by atoms with van der Waals surface area (Å²) in [5, 5.41) is 0. The van der Waals surface area contributed by atoms with Gasteiger partial charge in [-0.1, -0.05) is 130 Å². The minimum atomic E-state index is -0.0621. The van der Waals surface area contributed by atoms with Crippen molar-refractivity contribution in [2.45, 2.75) is 57.3 Å². The highest BCUT2D eigenvalue weighted by molar-refractivity contribution is 5.85. The Morgan fingerprint density at radius 2 is 0.796 bits per heavy atom. The molecule has 7 aromatic rings. The Hall–Kier alpha value is -5.86. The third-order valence-corrected chi connectivity index (χ3v) is 12.4. The zero-order valence-corrected chi connectivity index (χ0v) is 31.6. The van der Waals surface area contributed by atoms with Gasteiger partial charge in [-0.05, 0) is 138 Å². The van der Waals surface area contributed by atoms with Crippen molar-refractivity contribution in [3.8, 4) is 11.1 Å². The summed E-state index contributed by atoms with van der Waals surface area (Å²) in [5.41, 5.74) is 15.2. The summed E-state index contributed by atoms with van der Waals surface area (Å²) in [7, 11) is 0. The number of anilines is 6. The van der Waals surface area contributed by atoms with E-state index >= 15 is 0 Å². The summed E-state index contributed by atoms with van der Waals surface area (Å²) in [6.45, 7) is 7.14. The summed E-state index contributed by atoms with van der Waals surface area (Å²) in [4.78, 5) is 4.78. The molecular formula is C52H48N2. The maximum Gasteiger partial charge on any atom is 0.0465 e. The summed E-state index contributed by atoms with van der Waals surface area (Å²) >= 11 is 0. The fourth-order valence-electron chi connectivity index (χ4n) is 9.32. The standard InChI is InChI=1S/C52H48N2/c1-38-33-35-52(36-34-38,39-23-27-44(28-24-39)53(41-15-7-4-8-16-41)42-17-9-5-10-18-42)40-25-29-45(30-26-40)54(43-19-11-6-12-20-43)46-31-32-48-47-21-13-14-22-49(47)51(2,3)50(48)37-46/h4-32,37-38H,33-36H2,1-3H3. The smallest absolute Gasteiger partial charge is 0.0465 e. The second kappa shape index (κ2) is 13.8. The Morgan fingerprint density at radius 3 is 1.30 bits per heavy atom. The van der Waals surface area contributed by atoms with Crippen molar-refractivity contribution in [1.29, 1.82) is 0 Å². The Morgan fingerprint density at radius 1 is 0.407 bits per heavy atom. The fraction of sp³-hybridized carbons (Fsp3) is 0.192. The van der Waals surface area contributed by atoms with Crippen molar-refractivity contribution >= 4 is 34.1 Å². The summed E-state index contributed by atoms with van der Waals surface area (Å²) in [5.74, 6) is 0.743. The van der Waals surface area contributed by atoms with Crippen LogP contribution in [0.3, 0.4) is 0 Å². The lowest BCUT2D eigenvalue weighted by atomic mass is 9.63. The third-order valence-electron chi connectivity index (χ3n) is 12.4. The molecule has 0 heterocycles. The van der Waals surface area contributed by atoms with E-state index in [1.807, 2.05) is 0 Å². The SMILES string of the molecule is CC1CCC(c2ccc(N(c3ccccc3)c3ccccc3)cc2)(c2ccc(N(c3ccccc3)c3ccc4c(c3)C(C)(C)c3ccccc3-4)cc2)CC1. The van der Waals surface area contributed by atoms with Crippen LogP contribution in [0.5, 0.6) is 0 Å². The van der Waals surface area contributed by atoms with E-state index in [-0.39, 0.29) is 10.8 Å². The van der Waals surface area contributed by atoms with E-state index in [9.17, 15) is 0 Å². The molecule has 2 heteroatoms. The van der Waals surface area contributed by atoms with E-state index < -0.39 is 0 Å². The van der Waals surface area contributed by atoms with Gasteiger partial charge in [0, 0.05) is 45.0 Å². The van der Waals surface area contributed by atoms with Gasteiger partial charge in [-0.2, -0.15) is 0 Å². The molecule has 0 amide bonds. The second-order valence-electron chi connectivity index (χ2n) is 15.9. The highest BCUT2D eigenvalue weighted by Gasteiger charge is 2.38. The molecule has 54 heavy (non-hydrogen) atoms. The number of hydrogen-bond donors (Lipinski definition) is 0. The Bertz CT molecular complexity index is 2310. The molecule has 0 spiro atoms. The van der Waals surface area contributed by atoms with Gasteiger partial charge in [0.05, 0.1) is 0 Å². The lowest BCUT2D eigenvalue weighted by Gasteiger charge is -2.41. The maximum atomic E-state index is 2.43. The van der Waals surface area contributed by atoms with E-state index in [0.29, 0.717) is 0 Å². The van der Waals surface area contributed by atoms with E-state index in [1.165, 1.54) is 63.3 Å². The average molecular weight is 701 g/mol. The van der Waals surface area contributed by atoms with Crippen LogP contribution < -0.4 is 9.80 Å². The number of benzene rings is 7. The van der Waals surface area contributed by atoms with Crippen molar-refractivity contribution in [3.05, 3.63) is 204 Å². The predicted octanol–water partition coefficient (Wildman–Crippen LogP) is 14.4. The molecule has 0 bridgehead atoms. The zero-order valence-electron chi connectivity index (χ0n) is 31.6. The normalized spacial score (nSPS) is 18.4. The second-order valence-corrected chi connectivity index (χ2v) is 15.9. The van der Waals surface area contributed by atoms with E-state index in [1.54, 1.807) is 0 Å². The van der Waals surface area contributed by atoms with Gasteiger partial charge in [0.2, 0.25) is 0 Å². The van der Waals surface area contributed by atoms with Gasteiger partial charge in [-0.3, -0.25) is 0 Å². The monoisotopic (exact) mass is 700 g/mol.